The molecule has 328 valence electrons. The summed E-state index contributed by atoms with van der Waals surface area (Å²) in [5.74, 6) is -0.923. The van der Waals surface area contributed by atoms with Gasteiger partial charge in [0.2, 0.25) is 0 Å². The zero-order valence-corrected chi connectivity index (χ0v) is 37.1. The van der Waals surface area contributed by atoms with Crippen molar-refractivity contribution in [3.8, 4) is 0 Å². The lowest BCUT2D eigenvalue weighted by molar-refractivity contribution is -0.161. The van der Waals surface area contributed by atoms with E-state index in [1.165, 1.54) is 25.7 Å². The molecule has 58 heavy (non-hydrogen) atoms. The van der Waals surface area contributed by atoms with E-state index in [0.717, 1.165) is 70.6 Å². The van der Waals surface area contributed by atoms with Gasteiger partial charge in [-0.3, -0.25) is 18.6 Å². The first kappa shape index (κ1) is 54.7. The van der Waals surface area contributed by atoms with E-state index in [9.17, 15) is 19.0 Å². The van der Waals surface area contributed by atoms with Crippen LogP contribution in [0.5, 0.6) is 0 Å². The number of hydrogen-bond acceptors (Lipinski definition) is 8. The summed E-state index contributed by atoms with van der Waals surface area (Å²) in [5, 5.41) is 2.81. The molecule has 0 spiro atoms. The van der Waals surface area contributed by atoms with Crippen LogP contribution in [0, 0.1) is 0 Å². The normalized spacial score (nSPS) is 14.3. The molecule has 2 N–H and O–H groups in total. The predicted molar refractivity (Wildman–Crippen MR) is 242 cm³/mol. The van der Waals surface area contributed by atoms with Crippen molar-refractivity contribution in [1.29, 1.82) is 0 Å². The molecule has 0 fully saturated rings. The topological polar surface area (TPSA) is 120 Å². The van der Waals surface area contributed by atoms with Crippen molar-refractivity contribution in [3.63, 3.8) is 0 Å². The molecule has 0 amide bonds. The van der Waals surface area contributed by atoms with Gasteiger partial charge in [0, 0.05) is 19.4 Å². The Morgan fingerprint density at radius 3 is 1.48 bits per heavy atom. The minimum Gasteiger partial charge on any atom is -0.462 e. The van der Waals surface area contributed by atoms with Gasteiger partial charge in [-0.15, -0.1) is 0 Å². The molecule has 0 rings (SSSR count). The molecule has 9 nitrogen and oxygen atoms in total. The van der Waals surface area contributed by atoms with Crippen LogP contribution in [0.15, 0.2) is 109 Å². The second kappa shape index (κ2) is 43.3. The van der Waals surface area contributed by atoms with Crippen molar-refractivity contribution < 1.29 is 37.6 Å². The number of hydrogen-bond donors (Lipinski definition) is 2. The average Bonchev–Trinajstić information content (AvgIpc) is 3.21. The fourth-order valence-electron chi connectivity index (χ4n) is 5.10. The number of rotatable bonds is 39. The second-order valence-electron chi connectivity index (χ2n) is 13.8. The maximum atomic E-state index is 12.6. The van der Waals surface area contributed by atoms with E-state index in [1.54, 1.807) is 7.05 Å². The summed E-state index contributed by atoms with van der Waals surface area (Å²) in [4.78, 5) is 35.0. The van der Waals surface area contributed by atoms with E-state index in [0.29, 0.717) is 25.8 Å². The summed E-state index contributed by atoms with van der Waals surface area (Å²) in [6.07, 6.45) is 55.7. The SMILES string of the molecule is CC/C=C\C/C=C\C/C=C\C/C=C\C/C=C\CCCCCC(=O)OCC(COP(=O)(O)OCCNC)OC(=O)CCC/C=C\C/C=C\C/C=C\C/C=C\CCCCC. The molecule has 0 saturated heterocycles. The minimum atomic E-state index is -4.38. The van der Waals surface area contributed by atoms with E-state index in [-0.39, 0.29) is 26.1 Å². The van der Waals surface area contributed by atoms with Crippen LogP contribution in [-0.4, -0.2) is 56.3 Å². The molecule has 2 atom stereocenters. The van der Waals surface area contributed by atoms with Crippen molar-refractivity contribution >= 4 is 19.8 Å². The van der Waals surface area contributed by atoms with Gasteiger partial charge in [-0.1, -0.05) is 142 Å². The summed E-state index contributed by atoms with van der Waals surface area (Å²) in [6, 6.07) is 0. The monoisotopic (exact) mass is 828 g/mol. The Labute approximate surface area is 352 Å². The number of allylic oxidation sites excluding steroid dienone is 18. The van der Waals surface area contributed by atoms with Gasteiger partial charge < -0.3 is 19.7 Å². The highest BCUT2D eigenvalue weighted by molar-refractivity contribution is 7.47. The second-order valence-corrected chi connectivity index (χ2v) is 15.2. The highest BCUT2D eigenvalue weighted by Crippen LogP contribution is 2.43. The standard InChI is InChI=1S/C48H78NO8P/c1-4-6-8-10-12-14-16-18-20-22-23-25-26-28-30-32-34-36-38-40-47(50)54-44-46(45-56-58(52,53)55-43-42-49-3)57-48(51)41-39-37-35-33-31-29-27-24-21-19-17-15-13-11-9-7-5-2/h6,8,12-15,18-21,23,25,27-30,33,35,46,49H,4-5,7,9-11,16-17,22,24,26,31-32,34,36-45H2,1-3H3,(H,52,53)/b8-6-,14-12-,15-13-,20-18-,21-19-,25-23-,29-27-,30-28-,35-33-. The lowest BCUT2D eigenvalue weighted by Crippen LogP contribution is -2.29. The fourth-order valence-corrected chi connectivity index (χ4v) is 5.85. The Kier molecular flexibility index (Phi) is 40.8. The van der Waals surface area contributed by atoms with E-state index in [4.69, 9.17) is 18.5 Å². The van der Waals surface area contributed by atoms with Crippen LogP contribution in [-0.2, 0) is 32.7 Å². The molecule has 0 aromatic heterocycles. The largest absolute Gasteiger partial charge is 0.472 e. The Balaban J connectivity index is 4.41. The van der Waals surface area contributed by atoms with Gasteiger partial charge in [0.1, 0.15) is 6.61 Å². The number of ether oxygens (including phenoxy) is 2. The van der Waals surface area contributed by atoms with Crippen molar-refractivity contribution in [2.45, 2.75) is 148 Å². The molecule has 10 heteroatoms. The van der Waals surface area contributed by atoms with Gasteiger partial charge in [-0.25, -0.2) is 4.57 Å². The maximum Gasteiger partial charge on any atom is 0.472 e. The molecular formula is C48H78NO8P. The molecule has 0 aromatic rings. The lowest BCUT2D eigenvalue weighted by Gasteiger charge is -2.20. The Bertz CT molecular complexity index is 1310. The van der Waals surface area contributed by atoms with Crippen molar-refractivity contribution in [3.05, 3.63) is 109 Å². The van der Waals surface area contributed by atoms with Gasteiger partial charge >= 0.3 is 19.8 Å². The van der Waals surface area contributed by atoms with Crippen molar-refractivity contribution in [2.24, 2.45) is 0 Å². The van der Waals surface area contributed by atoms with E-state index < -0.39 is 32.5 Å². The van der Waals surface area contributed by atoms with Crippen molar-refractivity contribution in [2.75, 3.05) is 33.4 Å². The lowest BCUT2D eigenvalue weighted by atomic mass is 10.1. The fraction of sp³-hybridized carbons (Fsp3) is 0.583. The van der Waals surface area contributed by atoms with Crippen LogP contribution >= 0.6 is 7.82 Å². The third kappa shape index (κ3) is 42.3. The first-order chi connectivity index (χ1) is 28.3. The van der Waals surface area contributed by atoms with E-state index in [1.807, 2.05) is 6.08 Å². The summed E-state index contributed by atoms with van der Waals surface area (Å²) in [5.41, 5.74) is 0. The van der Waals surface area contributed by atoms with Crippen LogP contribution in [0.4, 0.5) is 0 Å². The maximum absolute atomic E-state index is 12.6. The van der Waals surface area contributed by atoms with Crippen LogP contribution in [0.25, 0.3) is 0 Å². The van der Waals surface area contributed by atoms with Gasteiger partial charge in [0.25, 0.3) is 0 Å². The van der Waals surface area contributed by atoms with Gasteiger partial charge in [0.05, 0.1) is 13.2 Å². The smallest absolute Gasteiger partial charge is 0.462 e. The third-order valence-electron chi connectivity index (χ3n) is 8.38. The Hall–Kier alpha value is -3.33. The molecule has 0 aromatic carbocycles. The summed E-state index contributed by atoms with van der Waals surface area (Å²) in [6.45, 7) is 3.95. The summed E-state index contributed by atoms with van der Waals surface area (Å²) in [7, 11) is -2.69. The first-order valence-corrected chi connectivity index (χ1v) is 23.3. The predicted octanol–water partition coefficient (Wildman–Crippen LogP) is 12.6. The summed E-state index contributed by atoms with van der Waals surface area (Å²) < 4.78 is 33.1. The number of phosphoric acid groups is 1. The zero-order chi connectivity index (χ0) is 42.5. The summed E-state index contributed by atoms with van der Waals surface area (Å²) >= 11 is 0. The van der Waals surface area contributed by atoms with Crippen LogP contribution in [0.2, 0.25) is 0 Å². The molecule has 0 aliphatic rings. The van der Waals surface area contributed by atoms with Crippen LogP contribution in [0.3, 0.4) is 0 Å². The van der Waals surface area contributed by atoms with Crippen LogP contribution in [0.1, 0.15) is 142 Å². The number of nitrogens with one attached hydrogen (secondary N) is 1. The van der Waals surface area contributed by atoms with Crippen LogP contribution < -0.4 is 5.32 Å². The molecule has 0 heterocycles. The molecule has 0 aliphatic heterocycles. The number of unbranched alkanes of at least 4 members (excludes halogenated alkanes) is 7. The minimum absolute atomic E-state index is 0.0394. The molecular weight excluding hydrogens is 750 g/mol. The Morgan fingerprint density at radius 1 is 0.552 bits per heavy atom. The van der Waals surface area contributed by atoms with E-state index >= 15 is 0 Å². The molecule has 0 aliphatic carbocycles. The third-order valence-corrected chi connectivity index (χ3v) is 9.36. The first-order valence-electron chi connectivity index (χ1n) is 21.8. The molecule has 2 unspecified atom stereocenters. The Morgan fingerprint density at radius 2 is 1.00 bits per heavy atom. The molecule has 0 radical (unpaired) electrons. The van der Waals surface area contributed by atoms with Gasteiger partial charge in [0.15, 0.2) is 6.10 Å². The number of likely N-dealkylation sites (N-methyl/N-ethyl adjacent to an activating group) is 1. The number of carbonyl (C=O) groups is 2. The number of phosphoric ester groups is 1. The number of esters is 2. The van der Waals surface area contributed by atoms with Gasteiger partial charge in [-0.05, 0) is 103 Å². The highest BCUT2D eigenvalue weighted by Gasteiger charge is 2.26. The van der Waals surface area contributed by atoms with Crippen molar-refractivity contribution in [1.82, 2.24) is 5.32 Å². The number of carbonyl (C=O) groups excluding carboxylic acids is 2. The van der Waals surface area contributed by atoms with E-state index in [2.05, 4.69) is 122 Å². The zero-order valence-electron chi connectivity index (χ0n) is 36.2. The quantitative estimate of drug-likeness (QED) is 0.0270. The molecule has 0 bridgehead atoms. The van der Waals surface area contributed by atoms with Gasteiger partial charge in [-0.2, -0.15) is 0 Å². The highest BCUT2D eigenvalue weighted by atomic mass is 31.2. The molecule has 0 saturated carbocycles. The average molecular weight is 828 g/mol.